The van der Waals surface area contributed by atoms with Gasteiger partial charge in [-0.25, -0.2) is 9.69 Å². The first kappa shape index (κ1) is 25.4. The van der Waals surface area contributed by atoms with Gasteiger partial charge in [0.05, 0.1) is 19.1 Å². The van der Waals surface area contributed by atoms with Crippen molar-refractivity contribution in [1.82, 2.24) is 0 Å². The first-order valence-electron chi connectivity index (χ1n) is 12.2. The number of ether oxygens (including phenoxy) is 3. The number of hydrogen-bond acceptors (Lipinski definition) is 4. The standard InChI is InChI=1S/C29H37NO4/c1-5-7-9-14-23-19-26(33-6-2)28(24-15-12-13-22(3)18-24)27(20-23)34-21-30(29(31)32-4)25-16-10-8-11-17-25/h6,8,10-11,16-20,24H,2,5,7,9,12-15,21H2,1,3-4H3/t24-/m0/s1. The highest BCUT2D eigenvalue weighted by Gasteiger charge is 2.25. The molecule has 0 bridgehead atoms. The minimum Gasteiger partial charge on any atom is -0.472 e. The molecule has 0 fully saturated rings. The van der Waals surface area contributed by atoms with Crippen LogP contribution in [0.4, 0.5) is 10.5 Å². The van der Waals surface area contributed by atoms with Crippen LogP contribution >= 0.6 is 0 Å². The number of carbonyl (C=O) groups excluding carboxylic acids is 1. The van der Waals surface area contributed by atoms with Crippen LogP contribution in [0.1, 0.15) is 69.4 Å². The van der Waals surface area contributed by atoms with Crippen molar-refractivity contribution in [2.24, 2.45) is 0 Å². The maximum Gasteiger partial charge on any atom is 0.416 e. The molecule has 0 heterocycles. The summed E-state index contributed by atoms with van der Waals surface area (Å²) in [6, 6.07) is 13.6. The van der Waals surface area contributed by atoms with Crippen molar-refractivity contribution in [3.05, 3.63) is 78.1 Å². The Morgan fingerprint density at radius 3 is 2.62 bits per heavy atom. The first-order valence-corrected chi connectivity index (χ1v) is 12.2. The number of allylic oxidation sites excluding steroid dienone is 2. The molecular weight excluding hydrogens is 426 g/mol. The number of rotatable bonds is 11. The summed E-state index contributed by atoms with van der Waals surface area (Å²) in [4.78, 5) is 14.0. The van der Waals surface area contributed by atoms with Gasteiger partial charge in [0, 0.05) is 11.5 Å². The SMILES string of the molecule is C=COc1cc(CCCCC)cc(OCN(C(=O)OC)c2ccccc2)c1[C@@H]1C=C(C)CCC1. The van der Waals surface area contributed by atoms with Gasteiger partial charge in [-0.15, -0.1) is 0 Å². The topological polar surface area (TPSA) is 48.0 Å². The molecule has 0 aromatic heterocycles. The Labute approximate surface area is 204 Å². The molecule has 0 saturated carbocycles. The molecule has 0 saturated heterocycles. The Morgan fingerprint density at radius 1 is 1.18 bits per heavy atom. The number of amides is 1. The fraction of sp³-hybridized carbons (Fsp3) is 0.414. The van der Waals surface area contributed by atoms with Gasteiger partial charge in [0.1, 0.15) is 11.5 Å². The van der Waals surface area contributed by atoms with Crippen molar-refractivity contribution < 1.29 is 19.0 Å². The lowest BCUT2D eigenvalue weighted by atomic mass is 9.84. The normalized spacial score (nSPS) is 15.3. The van der Waals surface area contributed by atoms with Crippen LogP contribution in [0.15, 0.2) is 67.0 Å². The molecule has 0 spiro atoms. The molecule has 2 aromatic rings. The smallest absolute Gasteiger partial charge is 0.416 e. The molecule has 0 radical (unpaired) electrons. The van der Waals surface area contributed by atoms with Crippen molar-refractivity contribution in [2.75, 3.05) is 18.7 Å². The summed E-state index contributed by atoms with van der Waals surface area (Å²) in [7, 11) is 1.38. The molecule has 34 heavy (non-hydrogen) atoms. The van der Waals surface area contributed by atoms with Crippen molar-refractivity contribution in [1.29, 1.82) is 0 Å². The van der Waals surface area contributed by atoms with E-state index in [2.05, 4.69) is 38.6 Å². The summed E-state index contributed by atoms with van der Waals surface area (Å²) in [6.45, 7) is 8.20. The maximum atomic E-state index is 12.6. The predicted molar refractivity (Wildman–Crippen MR) is 138 cm³/mol. The average molecular weight is 464 g/mol. The number of para-hydroxylation sites is 1. The van der Waals surface area contributed by atoms with Gasteiger partial charge >= 0.3 is 6.09 Å². The van der Waals surface area contributed by atoms with E-state index in [9.17, 15) is 4.79 Å². The summed E-state index contributed by atoms with van der Waals surface area (Å²) >= 11 is 0. The highest BCUT2D eigenvalue weighted by atomic mass is 16.6. The van der Waals surface area contributed by atoms with Gasteiger partial charge in [-0.05, 0) is 68.9 Å². The minimum atomic E-state index is -0.470. The molecule has 2 aromatic carbocycles. The van der Waals surface area contributed by atoms with Crippen LogP contribution in [-0.2, 0) is 11.2 Å². The lowest BCUT2D eigenvalue weighted by molar-refractivity contribution is 0.170. The van der Waals surface area contributed by atoms with E-state index in [1.807, 2.05) is 30.3 Å². The Hall–Kier alpha value is -3.21. The minimum absolute atomic E-state index is 0.0328. The second-order valence-corrected chi connectivity index (χ2v) is 8.77. The van der Waals surface area contributed by atoms with Gasteiger partial charge in [-0.1, -0.05) is 56.2 Å². The van der Waals surface area contributed by atoms with Crippen LogP contribution in [0.2, 0.25) is 0 Å². The molecule has 5 nitrogen and oxygen atoms in total. The van der Waals surface area contributed by atoms with Crippen molar-refractivity contribution in [2.45, 2.75) is 64.7 Å². The van der Waals surface area contributed by atoms with E-state index in [4.69, 9.17) is 14.2 Å². The van der Waals surface area contributed by atoms with Gasteiger partial charge in [-0.3, -0.25) is 0 Å². The van der Waals surface area contributed by atoms with Crippen LogP contribution in [0.25, 0.3) is 0 Å². The van der Waals surface area contributed by atoms with E-state index in [-0.39, 0.29) is 12.6 Å². The van der Waals surface area contributed by atoms with Gasteiger partial charge in [-0.2, -0.15) is 0 Å². The Kier molecular flexibility index (Phi) is 9.62. The fourth-order valence-electron chi connectivity index (χ4n) is 4.47. The molecule has 1 atom stereocenters. The number of aryl methyl sites for hydroxylation is 1. The van der Waals surface area contributed by atoms with Crippen molar-refractivity contribution >= 4 is 11.8 Å². The molecule has 1 amide bonds. The third-order valence-corrected chi connectivity index (χ3v) is 6.20. The maximum absolute atomic E-state index is 12.6. The zero-order chi connectivity index (χ0) is 24.3. The summed E-state index contributed by atoms with van der Waals surface area (Å²) in [5, 5.41) is 0. The Morgan fingerprint density at radius 2 is 1.94 bits per heavy atom. The monoisotopic (exact) mass is 463 g/mol. The van der Waals surface area contributed by atoms with E-state index < -0.39 is 6.09 Å². The van der Waals surface area contributed by atoms with E-state index >= 15 is 0 Å². The number of carbonyl (C=O) groups is 1. The molecule has 1 aliphatic carbocycles. The van der Waals surface area contributed by atoms with E-state index in [1.165, 1.54) is 30.3 Å². The summed E-state index contributed by atoms with van der Waals surface area (Å²) in [5.74, 6) is 1.71. The summed E-state index contributed by atoms with van der Waals surface area (Å²) in [5.41, 5.74) is 4.26. The second-order valence-electron chi connectivity index (χ2n) is 8.77. The number of anilines is 1. The molecule has 182 valence electrons. The van der Waals surface area contributed by atoms with Gasteiger partial charge in [0.25, 0.3) is 0 Å². The summed E-state index contributed by atoms with van der Waals surface area (Å²) < 4.78 is 17.3. The van der Waals surface area contributed by atoms with Crippen LogP contribution in [0, 0.1) is 0 Å². The number of benzene rings is 2. The number of hydrogen-bond donors (Lipinski definition) is 0. The summed E-state index contributed by atoms with van der Waals surface area (Å²) in [6.07, 6.45) is 11.0. The lowest BCUT2D eigenvalue weighted by Gasteiger charge is -2.27. The highest BCUT2D eigenvalue weighted by Crippen LogP contribution is 2.43. The molecule has 0 N–H and O–H groups in total. The third-order valence-electron chi connectivity index (χ3n) is 6.20. The molecular formula is C29H37NO4. The Balaban J connectivity index is 1.99. The highest BCUT2D eigenvalue weighted by molar-refractivity contribution is 5.87. The van der Waals surface area contributed by atoms with Gasteiger partial charge in [0.2, 0.25) is 0 Å². The zero-order valence-electron chi connectivity index (χ0n) is 20.7. The average Bonchev–Trinajstić information content (AvgIpc) is 2.85. The van der Waals surface area contributed by atoms with Crippen LogP contribution in [0.3, 0.4) is 0 Å². The first-order chi connectivity index (χ1) is 16.6. The lowest BCUT2D eigenvalue weighted by Crippen LogP contribution is -2.34. The van der Waals surface area contributed by atoms with E-state index in [1.54, 1.807) is 0 Å². The third kappa shape index (κ3) is 6.66. The van der Waals surface area contributed by atoms with Crippen LogP contribution in [0.5, 0.6) is 11.5 Å². The quantitative estimate of drug-likeness (QED) is 0.148. The molecule has 0 aliphatic heterocycles. The largest absolute Gasteiger partial charge is 0.472 e. The number of unbranched alkanes of at least 4 members (excludes halogenated alkanes) is 2. The zero-order valence-corrected chi connectivity index (χ0v) is 20.7. The molecule has 1 aliphatic rings. The Bertz CT molecular complexity index is 983. The van der Waals surface area contributed by atoms with Crippen molar-refractivity contribution in [3.8, 4) is 11.5 Å². The predicted octanol–water partition coefficient (Wildman–Crippen LogP) is 7.76. The molecule has 3 rings (SSSR count). The number of methoxy groups -OCH3 is 1. The van der Waals surface area contributed by atoms with Gasteiger partial charge in [0.15, 0.2) is 6.73 Å². The fourth-order valence-corrected chi connectivity index (χ4v) is 4.47. The van der Waals surface area contributed by atoms with Crippen LogP contribution < -0.4 is 14.4 Å². The van der Waals surface area contributed by atoms with Crippen LogP contribution in [-0.4, -0.2) is 19.9 Å². The number of nitrogens with zero attached hydrogens (tertiary/aromatic N) is 1. The molecule has 5 heteroatoms. The van der Waals surface area contributed by atoms with E-state index in [0.29, 0.717) is 5.69 Å². The second kappa shape index (κ2) is 12.9. The van der Waals surface area contributed by atoms with E-state index in [0.717, 1.165) is 61.2 Å². The van der Waals surface area contributed by atoms with Gasteiger partial charge < -0.3 is 14.2 Å². The van der Waals surface area contributed by atoms with Crippen molar-refractivity contribution in [3.63, 3.8) is 0 Å². The molecule has 0 unspecified atom stereocenters.